The van der Waals surface area contributed by atoms with Crippen molar-refractivity contribution >= 4 is 27.7 Å². The van der Waals surface area contributed by atoms with Crippen molar-refractivity contribution in [1.82, 2.24) is 10.3 Å². The van der Waals surface area contributed by atoms with Crippen LogP contribution in [0, 0.1) is 12.8 Å². The van der Waals surface area contributed by atoms with E-state index in [1.54, 1.807) is 19.1 Å². The molecule has 0 aliphatic carbocycles. The zero-order valence-electron chi connectivity index (χ0n) is 10.6. The number of aryl methyl sites for hydroxylation is 1. The van der Waals surface area contributed by atoms with Crippen LogP contribution in [-0.2, 0) is 4.79 Å². The molecule has 1 aromatic heterocycles. The number of nitrogens with zero attached hydrogens (tertiary/aromatic N) is 1. The number of carbonyl (C=O) groups excluding carboxylic acids is 1. The van der Waals surface area contributed by atoms with E-state index in [0.717, 1.165) is 5.56 Å². The van der Waals surface area contributed by atoms with Crippen molar-refractivity contribution in [1.29, 1.82) is 0 Å². The summed E-state index contributed by atoms with van der Waals surface area (Å²) < 4.78 is 38.2. The molecule has 1 aliphatic heterocycles. The fourth-order valence-electron chi connectivity index (χ4n) is 2.02. The first-order valence-electron chi connectivity index (χ1n) is 6.01. The minimum atomic E-state index is -4.27. The van der Waals surface area contributed by atoms with Crippen LogP contribution < -0.4 is 10.6 Å². The summed E-state index contributed by atoms with van der Waals surface area (Å²) in [5.74, 6) is -1.62. The largest absolute Gasteiger partial charge is 0.393 e. The van der Waals surface area contributed by atoms with Crippen LogP contribution in [0.25, 0.3) is 0 Å². The Bertz CT molecular complexity index is 521. The first-order valence-corrected chi connectivity index (χ1v) is 6.81. The molecule has 4 nitrogen and oxygen atoms in total. The van der Waals surface area contributed by atoms with Crippen molar-refractivity contribution < 1.29 is 18.0 Å². The summed E-state index contributed by atoms with van der Waals surface area (Å²) in [5, 5.41) is 5.15. The van der Waals surface area contributed by atoms with Crippen LogP contribution in [0.1, 0.15) is 12.0 Å². The highest BCUT2D eigenvalue weighted by Crippen LogP contribution is 2.32. The number of pyridine rings is 1. The highest BCUT2D eigenvalue weighted by Gasteiger charge is 2.45. The Labute approximate surface area is 122 Å². The molecule has 2 atom stereocenters. The Morgan fingerprint density at radius 2 is 2.20 bits per heavy atom. The molecule has 1 amide bonds. The lowest BCUT2D eigenvalue weighted by Crippen LogP contribution is -2.35. The number of hydrogen-bond donors (Lipinski definition) is 2. The number of amides is 1. The number of nitrogens with one attached hydrogen (secondary N) is 2. The molecule has 20 heavy (non-hydrogen) atoms. The molecule has 8 heteroatoms. The summed E-state index contributed by atoms with van der Waals surface area (Å²) in [4.78, 5) is 16.0. The minimum absolute atomic E-state index is 0.230. The molecular weight excluding hydrogens is 339 g/mol. The normalized spacial score (nSPS) is 22.9. The molecule has 0 aromatic carbocycles. The van der Waals surface area contributed by atoms with E-state index < -0.39 is 24.0 Å². The lowest BCUT2D eigenvalue weighted by Gasteiger charge is -2.14. The fourth-order valence-corrected chi connectivity index (χ4v) is 2.33. The van der Waals surface area contributed by atoms with Gasteiger partial charge in [-0.25, -0.2) is 4.98 Å². The van der Waals surface area contributed by atoms with Gasteiger partial charge >= 0.3 is 6.18 Å². The maximum atomic E-state index is 12.6. The molecule has 0 unspecified atom stereocenters. The average molecular weight is 352 g/mol. The van der Waals surface area contributed by atoms with Crippen molar-refractivity contribution in [3.8, 4) is 0 Å². The van der Waals surface area contributed by atoms with Crippen molar-refractivity contribution in [2.45, 2.75) is 25.6 Å². The van der Waals surface area contributed by atoms with E-state index in [4.69, 9.17) is 0 Å². The molecule has 1 fully saturated rings. The number of carbonyl (C=O) groups is 1. The molecule has 1 aliphatic rings. The quantitative estimate of drug-likeness (QED) is 0.805. The molecule has 2 rings (SSSR count). The Kier molecular flexibility index (Phi) is 4.33. The third-order valence-corrected chi connectivity index (χ3v) is 3.66. The first kappa shape index (κ1) is 15.2. The van der Waals surface area contributed by atoms with Gasteiger partial charge in [-0.1, -0.05) is 6.07 Å². The second kappa shape index (κ2) is 5.69. The van der Waals surface area contributed by atoms with Gasteiger partial charge < -0.3 is 10.6 Å². The number of anilines is 1. The van der Waals surface area contributed by atoms with Crippen molar-refractivity contribution in [2.24, 2.45) is 5.92 Å². The van der Waals surface area contributed by atoms with Crippen LogP contribution in [0.4, 0.5) is 19.0 Å². The van der Waals surface area contributed by atoms with Crippen LogP contribution in [-0.4, -0.2) is 29.7 Å². The Balaban J connectivity index is 2.01. The molecule has 1 saturated heterocycles. The maximum absolute atomic E-state index is 12.6. The molecule has 110 valence electrons. The fraction of sp³-hybridized carbons (Fsp3) is 0.500. The van der Waals surface area contributed by atoms with Gasteiger partial charge in [0.1, 0.15) is 10.4 Å². The zero-order valence-corrected chi connectivity index (χ0v) is 12.2. The topological polar surface area (TPSA) is 54.0 Å². The van der Waals surface area contributed by atoms with Crippen LogP contribution in [0.2, 0.25) is 0 Å². The van der Waals surface area contributed by atoms with E-state index in [0.29, 0.717) is 10.4 Å². The Hall–Kier alpha value is -1.15. The first-order chi connectivity index (χ1) is 9.27. The second-order valence-corrected chi connectivity index (χ2v) is 5.54. The highest BCUT2D eigenvalue weighted by atomic mass is 79.9. The predicted molar refractivity (Wildman–Crippen MR) is 71.3 cm³/mol. The van der Waals surface area contributed by atoms with E-state index in [1.165, 1.54) is 0 Å². The lowest BCUT2D eigenvalue weighted by molar-refractivity contribution is -0.169. The van der Waals surface area contributed by atoms with E-state index in [2.05, 4.69) is 31.5 Å². The second-order valence-electron chi connectivity index (χ2n) is 4.72. The van der Waals surface area contributed by atoms with Crippen molar-refractivity contribution in [3.63, 3.8) is 0 Å². The van der Waals surface area contributed by atoms with Gasteiger partial charge in [0.2, 0.25) is 5.91 Å². The summed E-state index contributed by atoms with van der Waals surface area (Å²) >= 11 is 3.18. The van der Waals surface area contributed by atoms with Crippen LogP contribution in [0.5, 0.6) is 0 Å². The summed E-state index contributed by atoms with van der Waals surface area (Å²) in [6.45, 7) is 1.53. The van der Waals surface area contributed by atoms with E-state index in [-0.39, 0.29) is 13.0 Å². The molecule has 0 saturated carbocycles. The van der Waals surface area contributed by atoms with Crippen molar-refractivity contribution in [3.05, 3.63) is 22.3 Å². The third-order valence-electron chi connectivity index (χ3n) is 3.21. The Morgan fingerprint density at radius 1 is 1.50 bits per heavy atom. The van der Waals surface area contributed by atoms with Crippen LogP contribution in [0.15, 0.2) is 16.7 Å². The number of hydrogen-bond acceptors (Lipinski definition) is 3. The number of rotatable bonds is 2. The van der Waals surface area contributed by atoms with Gasteiger partial charge in [0.05, 0.1) is 12.0 Å². The predicted octanol–water partition coefficient (Wildman–Crippen LogP) is 2.63. The summed E-state index contributed by atoms with van der Waals surface area (Å²) in [6, 6.07) is 2.63. The summed E-state index contributed by atoms with van der Waals surface area (Å²) in [7, 11) is 0. The number of aromatic nitrogens is 1. The zero-order chi connectivity index (χ0) is 14.9. The van der Waals surface area contributed by atoms with Gasteiger partial charge in [0.25, 0.3) is 0 Å². The van der Waals surface area contributed by atoms with E-state index in [9.17, 15) is 18.0 Å². The lowest BCUT2D eigenvalue weighted by atomic mass is 10.0. The standard InChI is InChI=1S/C12H13BrF3N3O/c1-6-2-3-9(13)18-10(6)19-11(20)8-4-7(5-17-8)12(14,15)16/h2-3,7-8,17H,4-5H2,1H3,(H,18,19,20)/t7-,8-/m0/s1. The maximum Gasteiger partial charge on any atom is 0.393 e. The highest BCUT2D eigenvalue weighted by molar-refractivity contribution is 9.10. The molecule has 2 heterocycles. The summed E-state index contributed by atoms with van der Waals surface area (Å²) in [5.41, 5.74) is 0.743. The van der Waals surface area contributed by atoms with Gasteiger partial charge in [-0.3, -0.25) is 4.79 Å². The van der Waals surface area contributed by atoms with Crippen LogP contribution >= 0.6 is 15.9 Å². The van der Waals surface area contributed by atoms with Crippen molar-refractivity contribution in [2.75, 3.05) is 11.9 Å². The molecule has 0 radical (unpaired) electrons. The molecule has 1 aromatic rings. The molecular formula is C12H13BrF3N3O. The van der Waals surface area contributed by atoms with Gasteiger partial charge in [-0.2, -0.15) is 13.2 Å². The molecule has 0 bridgehead atoms. The Morgan fingerprint density at radius 3 is 2.80 bits per heavy atom. The van der Waals surface area contributed by atoms with Crippen LogP contribution in [0.3, 0.4) is 0 Å². The number of halogens is 4. The smallest absolute Gasteiger partial charge is 0.309 e. The van der Waals surface area contributed by atoms with Gasteiger partial charge in [-0.15, -0.1) is 0 Å². The monoisotopic (exact) mass is 351 g/mol. The van der Waals surface area contributed by atoms with E-state index >= 15 is 0 Å². The van der Waals surface area contributed by atoms with Gasteiger partial charge in [-0.05, 0) is 40.9 Å². The van der Waals surface area contributed by atoms with E-state index in [1.807, 2.05) is 0 Å². The molecule has 0 spiro atoms. The number of alkyl halides is 3. The summed E-state index contributed by atoms with van der Waals surface area (Å²) in [6.07, 6.45) is -4.52. The van der Waals surface area contributed by atoms with Gasteiger partial charge in [0.15, 0.2) is 0 Å². The van der Waals surface area contributed by atoms with Gasteiger partial charge in [0, 0.05) is 6.54 Å². The molecule has 2 N–H and O–H groups in total. The third kappa shape index (κ3) is 3.49. The SMILES string of the molecule is Cc1ccc(Br)nc1NC(=O)[C@@H]1C[C@H](C(F)(F)F)CN1. The minimum Gasteiger partial charge on any atom is -0.309 e. The average Bonchev–Trinajstić information content (AvgIpc) is 2.83.